The van der Waals surface area contributed by atoms with Crippen LogP contribution in [0, 0.1) is 0 Å². The highest BCUT2D eigenvalue weighted by molar-refractivity contribution is 5.90. The van der Waals surface area contributed by atoms with Crippen molar-refractivity contribution in [2.24, 2.45) is 14.0 Å². The Labute approximate surface area is 203 Å². The van der Waals surface area contributed by atoms with Gasteiger partial charge in [-0.2, -0.15) is 0 Å². The number of amides is 1. The molecule has 1 aliphatic heterocycles. The lowest BCUT2D eigenvalue weighted by Gasteiger charge is -2.20. The molecule has 4 aromatic rings. The first kappa shape index (κ1) is 18.9. The first-order valence-electron chi connectivity index (χ1n) is 12.4. The van der Waals surface area contributed by atoms with Crippen LogP contribution in [0.2, 0.25) is 0 Å². The number of imidazole rings is 1. The zero-order valence-corrected chi connectivity index (χ0v) is 19.0. The molecule has 5 rings (SSSR count). The molecule has 35 heavy (non-hydrogen) atoms. The molecule has 1 saturated heterocycles. The Balaban J connectivity index is 1.36. The van der Waals surface area contributed by atoms with Crippen molar-refractivity contribution in [1.29, 1.82) is 0 Å². The molecule has 0 aliphatic carbocycles. The number of nitrogens with one attached hydrogen (secondary N) is 1. The Morgan fingerprint density at radius 2 is 2.00 bits per heavy atom. The van der Waals surface area contributed by atoms with E-state index in [9.17, 15) is 14.4 Å². The molecule has 0 radical (unpaired) electrons. The van der Waals surface area contributed by atoms with Crippen molar-refractivity contribution < 1.29 is 8.91 Å². The van der Waals surface area contributed by atoms with Crippen LogP contribution in [0.1, 0.15) is 23.9 Å². The molecule has 1 amide bonds. The molecule has 1 aliphatic rings. The minimum absolute atomic E-state index is 0.189. The topological polar surface area (TPSA) is 146 Å². The van der Waals surface area contributed by atoms with Gasteiger partial charge in [0.2, 0.25) is 11.9 Å². The Morgan fingerprint density at radius 1 is 1.20 bits per heavy atom. The zero-order valence-electron chi connectivity index (χ0n) is 22.0. The van der Waals surface area contributed by atoms with Crippen molar-refractivity contribution in [3.63, 3.8) is 0 Å². The number of nitrogens with zero attached hydrogens (tertiary/aromatic N) is 9. The molecule has 1 fully saturated rings. The largest absolute Gasteiger partial charge is 0.338 e. The van der Waals surface area contributed by atoms with Crippen molar-refractivity contribution >= 4 is 28.8 Å². The van der Waals surface area contributed by atoms with Gasteiger partial charge in [-0.05, 0) is 25.8 Å². The van der Waals surface area contributed by atoms with Crippen LogP contribution in [0.15, 0.2) is 40.6 Å². The van der Waals surface area contributed by atoms with Gasteiger partial charge in [-0.15, -0.1) is 0 Å². The summed E-state index contributed by atoms with van der Waals surface area (Å²) in [6.45, 7) is -0.203. The van der Waals surface area contributed by atoms with E-state index in [1.807, 2.05) is 0 Å². The number of carbonyl (C=O) groups excluding carboxylic acids is 1. The second kappa shape index (κ2) is 8.74. The van der Waals surface area contributed by atoms with Crippen LogP contribution in [0.3, 0.4) is 0 Å². The van der Waals surface area contributed by atoms with E-state index in [1.165, 1.54) is 16.8 Å². The quantitative estimate of drug-likeness (QED) is 0.427. The van der Waals surface area contributed by atoms with Gasteiger partial charge in [0.1, 0.15) is 12.4 Å². The van der Waals surface area contributed by atoms with Crippen molar-refractivity contribution in [2.75, 3.05) is 16.8 Å². The minimum Gasteiger partial charge on any atom is -0.338 e. The predicted octanol–water partition coefficient (Wildman–Crippen LogP) is 0.308. The summed E-state index contributed by atoms with van der Waals surface area (Å²) in [6, 6.07) is 1.88. The molecule has 0 bridgehead atoms. The first-order chi connectivity index (χ1) is 18.0. The Morgan fingerprint density at radius 3 is 2.71 bits per heavy atom. The van der Waals surface area contributed by atoms with Crippen LogP contribution in [0.4, 0.5) is 11.8 Å². The molecule has 13 heteroatoms. The van der Waals surface area contributed by atoms with Crippen molar-refractivity contribution in [2.45, 2.75) is 32.4 Å². The number of anilines is 2. The number of aryl methyl sites for hydroxylation is 1. The summed E-state index contributed by atoms with van der Waals surface area (Å²) in [4.78, 5) is 61.5. The summed E-state index contributed by atoms with van der Waals surface area (Å²) < 4.78 is 25.2. The highest BCUT2D eigenvalue weighted by Crippen LogP contribution is 2.23. The van der Waals surface area contributed by atoms with Gasteiger partial charge >= 0.3 is 5.69 Å². The maximum Gasteiger partial charge on any atom is 0.332 e. The summed E-state index contributed by atoms with van der Waals surface area (Å²) in [6.07, 6.45) is 8.07. The molecule has 0 saturated carbocycles. The average Bonchev–Trinajstić information content (AvgIpc) is 3.48. The SMILES string of the molecule is [2H]C([2H])([2H])n1c(=O)n(C)c(=O)c2c1ncn2CC(=O)Nc1ccnc(-c2cnc(N3CCC[C@@H]3C)nc2)n1. The lowest BCUT2D eigenvalue weighted by molar-refractivity contribution is -0.116. The fraction of sp³-hybridized carbons (Fsp3) is 0.364. The normalized spacial score (nSPS) is 17.3. The Bertz CT molecular complexity index is 1640. The van der Waals surface area contributed by atoms with E-state index < -0.39 is 24.1 Å². The standard InChI is InChI=1S/C22H24N10O3/c1-13-5-4-8-32(13)21-24-9-14(10-25-21)18-23-7-6-15(28-18)27-16(33)11-31-12-26-19-17(31)20(34)30(3)22(35)29(19)2/h6-7,9-10,12-13H,4-5,8,11H2,1-3H3,(H,23,27,28,33)/t13-/m0/s1/i2D3. The number of hydrogen-bond donors (Lipinski definition) is 1. The van der Waals surface area contributed by atoms with Gasteiger partial charge in [0.15, 0.2) is 17.0 Å². The van der Waals surface area contributed by atoms with Crippen LogP contribution in [-0.4, -0.2) is 57.1 Å². The maximum absolute atomic E-state index is 12.8. The average molecular weight is 480 g/mol. The van der Waals surface area contributed by atoms with E-state index in [0.717, 1.165) is 32.8 Å². The third-order valence-corrected chi connectivity index (χ3v) is 5.96. The number of rotatable bonds is 5. The molecule has 1 atom stereocenters. The second-order valence-corrected chi connectivity index (χ2v) is 8.30. The van der Waals surface area contributed by atoms with Crippen LogP contribution in [-0.2, 0) is 25.4 Å². The Hall–Kier alpha value is -4.42. The second-order valence-electron chi connectivity index (χ2n) is 8.30. The summed E-state index contributed by atoms with van der Waals surface area (Å²) in [5.74, 6) is 0.601. The zero-order chi connectivity index (χ0) is 27.2. The van der Waals surface area contributed by atoms with Gasteiger partial charge < -0.3 is 14.8 Å². The summed E-state index contributed by atoms with van der Waals surface area (Å²) in [7, 11) is 1.16. The molecule has 0 aromatic carbocycles. The van der Waals surface area contributed by atoms with Crippen molar-refractivity contribution in [1.82, 2.24) is 38.6 Å². The molecular formula is C22H24N10O3. The molecule has 1 N–H and O–H groups in total. The highest BCUT2D eigenvalue weighted by Gasteiger charge is 2.22. The van der Waals surface area contributed by atoms with Gasteiger partial charge in [-0.3, -0.25) is 18.7 Å². The summed E-state index contributed by atoms with van der Waals surface area (Å²) in [5.41, 5.74) is -1.75. The first-order valence-corrected chi connectivity index (χ1v) is 10.9. The third-order valence-electron chi connectivity index (χ3n) is 5.96. The Kier molecular flexibility index (Phi) is 4.73. The van der Waals surface area contributed by atoms with Crippen LogP contribution >= 0.6 is 0 Å². The molecule has 0 unspecified atom stereocenters. The molecular weight excluding hydrogens is 452 g/mol. The monoisotopic (exact) mass is 479 g/mol. The van der Waals surface area contributed by atoms with Crippen LogP contribution in [0.5, 0.6) is 0 Å². The minimum atomic E-state index is -2.87. The third kappa shape index (κ3) is 4.05. The summed E-state index contributed by atoms with van der Waals surface area (Å²) in [5, 5.41) is 2.63. The number of aromatic nitrogens is 8. The van der Waals surface area contributed by atoms with E-state index in [0.29, 0.717) is 32.5 Å². The van der Waals surface area contributed by atoms with Crippen LogP contribution in [0.25, 0.3) is 22.6 Å². The van der Waals surface area contributed by atoms with Gasteiger partial charge in [0, 0.05) is 49.3 Å². The van der Waals surface area contributed by atoms with Crippen molar-refractivity contribution in [3.05, 3.63) is 51.8 Å². The molecule has 4 aromatic heterocycles. The fourth-order valence-electron chi connectivity index (χ4n) is 4.08. The number of fused-ring (bicyclic) bond motifs is 1. The lowest BCUT2D eigenvalue weighted by Crippen LogP contribution is -2.37. The highest BCUT2D eigenvalue weighted by atomic mass is 16.2. The van der Waals surface area contributed by atoms with Gasteiger partial charge in [0.05, 0.1) is 11.9 Å². The number of hydrogen-bond acceptors (Lipinski definition) is 9. The molecule has 180 valence electrons. The predicted molar refractivity (Wildman–Crippen MR) is 128 cm³/mol. The molecule has 5 heterocycles. The fourth-order valence-corrected chi connectivity index (χ4v) is 4.08. The van der Waals surface area contributed by atoms with Crippen molar-refractivity contribution in [3.8, 4) is 11.4 Å². The van der Waals surface area contributed by atoms with E-state index in [4.69, 9.17) is 4.11 Å². The van der Waals surface area contributed by atoms with E-state index in [-0.39, 0.29) is 23.5 Å². The lowest BCUT2D eigenvalue weighted by atomic mass is 10.2. The van der Waals surface area contributed by atoms with Gasteiger partial charge in [-0.25, -0.2) is 29.7 Å². The van der Waals surface area contributed by atoms with Gasteiger partial charge in [-0.1, -0.05) is 0 Å². The van der Waals surface area contributed by atoms with E-state index in [2.05, 4.69) is 42.1 Å². The molecule has 0 spiro atoms. The smallest absolute Gasteiger partial charge is 0.332 e. The van der Waals surface area contributed by atoms with Gasteiger partial charge in [0.25, 0.3) is 5.56 Å². The van der Waals surface area contributed by atoms with Crippen LogP contribution < -0.4 is 21.5 Å². The number of carbonyl (C=O) groups is 1. The maximum atomic E-state index is 12.8. The van der Waals surface area contributed by atoms with E-state index >= 15 is 0 Å². The van der Waals surface area contributed by atoms with E-state index in [1.54, 1.807) is 12.4 Å². The summed E-state index contributed by atoms with van der Waals surface area (Å²) >= 11 is 0. The molecule has 13 nitrogen and oxygen atoms in total.